The maximum atomic E-state index is 13.0. The second-order valence-electron chi connectivity index (χ2n) is 11.9. The molecule has 1 aromatic carbocycles. The van der Waals surface area contributed by atoms with Gasteiger partial charge >= 0.3 is 0 Å². The van der Waals surface area contributed by atoms with E-state index in [4.69, 9.17) is 4.98 Å². The molecule has 4 N–H and O–H groups in total. The highest BCUT2D eigenvalue weighted by atomic mass is 19.1. The molecule has 0 fully saturated rings. The van der Waals surface area contributed by atoms with E-state index in [0.717, 1.165) is 23.5 Å². The number of imidazole rings is 1. The standard InChI is InChI=1S/C26H39FN6O/c1-24(2,3)15-26(7,8)32-22-20(25(4,5)6)31-21-19(14-30-33(21)22)23(34)29-16-28-13-17-9-11-18(27)12-10-17/h9-12,14,28,30,32H,13,15-16H2,1-8H3,(H,29,34). The summed E-state index contributed by atoms with van der Waals surface area (Å²) in [6.07, 6.45) is 2.65. The normalized spacial score (nSPS) is 12.9. The van der Waals surface area contributed by atoms with Gasteiger partial charge in [-0.15, -0.1) is 0 Å². The Kier molecular flexibility index (Phi) is 7.12. The van der Waals surface area contributed by atoms with E-state index >= 15 is 0 Å². The molecule has 0 aliphatic carbocycles. The number of rotatable bonds is 8. The molecule has 0 saturated heterocycles. The highest BCUT2D eigenvalue weighted by Crippen LogP contribution is 2.35. The SMILES string of the molecule is CC(C)(C)CC(C)(C)Nc1c(C(C)(C)C)nc2c(C(=O)NCNCc3ccc(F)cc3)c[nH]n12. The van der Waals surface area contributed by atoms with Crippen molar-refractivity contribution in [1.82, 2.24) is 25.2 Å². The minimum absolute atomic E-state index is 0.157. The van der Waals surface area contributed by atoms with Crippen molar-refractivity contribution in [3.63, 3.8) is 0 Å². The number of nitrogens with zero attached hydrogens (tertiary/aromatic N) is 2. The van der Waals surface area contributed by atoms with Crippen LogP contribution in [0.15, 0.2) is 30.5 Å². The lowest BCUT2D eigenvalue weighted by molar-refractivity contribution is 0.0951. The van der Waals surface area contributed by atoms with Crippen molar-refractivity contribution in [2.45, 2.75) is 79.3 Å². The van der Waals surface area contributed by atoms with Crippen LogP contribution in [0.1, 0.15) is 83.4 Å². The maximum Gasteiger partial charge on any atom is 0.257 e. The van der Waals surface area contributed by atoms with E-state index < -0.39 is 0 Å². The van der Waals surface area contributed by atoms with Crippen LogP contribution >= 0.6 is 0 Å². The van der Waals surface area contributed by atoms with E-state index in [0.29, 0.717) is 17.8 Å². The first-order valence-corrected chi connectivity index (χ1v) is 11.8. The number of carbonyl (C=O) groups excluding carboxylic acids is 1. The van der Waals surface area contributed by atoms with Crippen LogP contribution in [0.2, 0.25) is 0 Å². The van der Waals surface area contributed by atoms with E-state index in [1.165, 1.54) is 12.1 Å². The van der Waals surface area contributed by atoms with Crippen LogP contribution in [0.3, 0.4) is 0 Å². The fraction of sp³-hybridized carbons (Fsp3) is 0.538. The molecular weight excluding hydrogens is 431 g/mol. The first-order valence-electron chi connectivity index (χ1n) is 11.8. The Balaban J connectivity index is 1.77. The number of carbonyl (C=O) groups is 1. The molecule has 3 rings (SSSR count). The predicted molar refractivity (Wildman–Crippen MR) is 136 cm³/mol. The summed E-state index contributed by atoms with van der Waals surface area (Å²) in [6.45, 7) is 18.2. The molecular formula is C26H39FN6O. The first kappa shape index (κ1) is 25.7. The summed E-state index contributed by atoms with van der Waals surface area (Å²) in [4.78, 5) is 17.8. The third-order valence-corrected chi connectivity index (χ3v) is 5.46. The summed E-state index contributed by atoms with van der Waals surface area (Å²) < 4.78 is 14.9. The maximum absolute atomic E-state index is 13.0. The molecule has 8 heteroatoms. The summed E-state index contributed by atoms with van der Waals surface area (Å²) in [6, 6.07) is 6.28. The van der Waals surface area contributed by atoms with Crippen LogP contribution in [0.4, 0.5) is 10.2 Å². The fourth-order valence-corrected chi connectivity index (χ4v) is 4.46. The van der Waals surface area contributed by atoms with Crippen molar-refractivity contribution in [2.75, 3.05) is 12.0 Å². The van der Waals surface area contributed by atoms with Crippen LogP contribution in [-0.2, 0) is 12.0 Å². The minimum Gasteiger partial charge on any atom is -0.364 e. The molecule has 34 heavy (non-hydrogen) atoms. The average molecular weight is 471 g/mol. The molecule has 1 amide bonds. The van der Waals surface area contributed by atoms with Gasteiger partial charge in [0.2, 0.25) is 0 Å². The monoisotopic (exact) mass is 470 g/mol. The van der Waals surface area contributed by atoms with Crippen molar-refractivity contribution in [3.8, 4) is 0 Å². The lowest BCUT2D eigenvalue weighted by atomic mass is 9.81. The Hall–Kier alpha value is -2.87. The van der Waals surface area contributed by atoms with E-state index in [2.05, 4.69) is 76.4 Å². The fourth-order valence-electron chi connectivity index (χ4n) is 4.46. The largest absolute Gasteiger partial charge is 0.364 e. The van der Waals surface area contributed by atoms with Gasteiger partial charge in [0.1, 0.15) is 11.4 Å². The average Bonchev–Trinajstić information content (AvgIpc) is 3.24. The summed E-state index contributed by atoms with van der Waals surface area (Å²) in [7, 11) is 0. The number of anilines is 1. The number of nitrogens with one attached hydrogen (secondary N) is 4. The number of halogens is 1. The van der Waals surface area contributed by atoms with Gasteiger partial charge in [-0.05, 0) is 43.4 Å². The molecule has 0 spiro atoms. The summed E-state index contributed by atoms with van der Waals surface area (Å²) >= 11 is 0. The molecule has 0 bridgehead atoms. The third-order valence-electron chi connectivity index (χ3n) is 5.46. The van der Waals surface area contributed by atoms with E-state index in [1.54, 1.807) is 18.3 Å². The molecule has 0 atom stereocenters. The van der Waals surface area contributed by atoms with Gasteiger partial charge in [0.25, 0.3) is 5.91 Å². The van der Waals surface area contributed by atoms with Crippen LogP contribution in [-0.4, -0.2) is 32.7 Å². The number of fused-ring (bicyclic) bond motifs is 1. The third kappa shape index (κ3) is 6.38. The number of hydrogen-bond acceptors (Lipinski definition) is 4. The van der Waals surface area contributed by atoms with Crippen molar-refractivity contribution in [2.24, 2.45) is 5.41 Å². The second-order valence-corrected chi connectivity index (χ2v) is 11.9. The smallest absolute Gasteiger partial charge is 0.257 e. The van der Waals surface area contributed by atoms with Crippen molar-refractivity contribution in [1.29, 1.82) is 0 Å². The summed E-state index contributed by atoms with van der Waals surface area (Å²) in [5.74, 6) is 0.396. The zero-order chi connectivity index (χ0) is 25.3. The van der Waals surface area contributed by atoms with Crippen molar-refractivity contribution < 1.29 is 9.18 Å². The molecule has 0 saturated carbocycles. The Morgan fingerprint density at radius 3 is 2.29 bits per heavy atom. The van der Waals surface area contributed by atoms with Gasteiger partial charge in [-0.2, -0.15) is 0 Å². The van der Waals surface area contributed by atoms with Crippen LogP contribution in [0.25, 0.3) is 5.65 Å². The number of aromatic nitrogens is 3. The first-order chi connectivity index (χ1) is 15.7. The van der Waals surface area contributed by atoms with Gasteiger partial charge < -0.3 is 10.6 Å². The number of hydrogen-bond donors (Lipinski definition) is 4. The van der Waals surface area contributed by atoms with Gasteiger partial charge in [0, 0.05) is 23.7 Å². The van der Waals surface area contributed by atoms with Crippen molar-refractivity contribution >= 4 is 17.4 Å². The molecule has 2 heterocycles. The van der Waals surface area contributed by atoms with Crippen LogP contribution in [0, 0.1) is 11.2 Å². The van der Waals surface area contributed by atoms with Gasteiger partial charge in [-0.1, -0.05) is 53.7 Å². The minimum atomic E-state index is -0.265. The molecule has 7 nitrogen and oxygen atoms in total. The molecule has 0 aliphatic rings. The summed E-state index contributed by atoms with van der Waals surface area (Å²) in [5.41, 5.74) is 2.69. The molecule has 2 aromatic heterocycles. The predicted octanol–water partition coefficient (Wildman–Crippen LogP) is 5.20. The highest BCUT2D eigenvalue weighted by Gasteiger charge is 2.32. The van der Waals surface area contributed by atoms with Crippen LogP contribution < -0.4 is 16.0 Å². The number of aromatic amines is 1. The van der Waals surface area contributed by atoms with Gasteiger partial charge in [0.15, 0.2) is 11.5 Å². The van der Waals surface area contributed by atoms with Gasteiger partial charge in [-0.3, -0.25) is 15.2 Å². The Morgan fingerprint density at radius 2 is 1.71 bits per heavy atom. The number of amides is 1. The summed E-state index contributed by atoms with van der Waals surface area (Å²) in [5, 5.41) is 12.9. The van der Waals surface area contributed by atoms with E-state index in [9.17, 15) is 9.18 Å². The topological polar surface area (TPSA) is 86.2 Å². The quantitative estimate of drug-likeness (QED) is 0.269. The van der Waals surface area contributed by atoms with Gasteiger partial charge in [-0.25, -0.2) is 13.9 Å². The Bertz CT molecular complexity index is 1130. The van der Waals surface area contributed by atoms with Crippen molar-refractivity contribution in [3.05, 3.63) is 53.1 Å². The molecule has 186 valence electrons. The van der Waals surface area contributed by atoms with E-state index in [1.807, 2.05) is 4.52 Å². The lowest BCUT2D eigenvalue weighted by Gasteiger charge is -2.34. The molecule has 0 aliphatic heterocycles. The lowest BCUT2D eigenvalue weighted by Crippen LogP contribution is -2.36. The Labute approximate surface area is 201 Å². The highest BCUT2D eigenvalue weighted by molar-refractivity contribution is 6.00. The zero-order valence-electron chi connectivity index (χ0n) is 21.7. The van der Waals surface area contributed by atoms with Gasteiger partial charge in [0.05, 0.1) is 12.4 Å². The van der Waals surface area contributed by atoms with Crippen LogP contribution in [0.5, 0.6) is 0 Å². The zero-order valence-corrected chi connectivity index (χ0v) is 21.7. The second kappa shape index (κ2) is 9.41. The molecule has 0 radical (unpaired) electrons. The Morgan fingerprint density at radius 1 is 1.06 bits per heavy atom. The molecule has 0 unspecified atom stereocenters. The van der Waals surface area contributed by atoms with E-state index in [-0.39, 0.29) is 34.8 Å². The number of benzene rings is 1. The molecule has 3 aromatic rings. The number of H-pyrrole nitrogens is 1.